The highest BCUT2D eigenvalue weighted by atomic mass is 127. The van der Waals surface area contributed by atoms with E-state index in [1.807, 2.05) is 45.9 Å². The molecule has 2 amide bonds. The predicted octanol–water partition coefficient (Wildman–Crippen LogP) is 2.62. The van der Waals surface area contributed by atoms with Gasteiger partial charge in [0.15, 0.2) is 12.6 Å². The summed E-state index contributed by atoms with van der Waals surface area (Å²) in [5.41, 5.74) is 5.56. The largest absolute Gasteiger partial charge is 0.484 e. The van der Waals surface area contributed by atoms with E-state index in [4.69, 9.17) is 15.2 Å². The normalized spacial score (nSPS) is 16.6. The van der Waals surface area contributed by atoms with E-state index >= 15 is 0 Å². The number of nitrogens with zero attached hydrogens (tertiary/aromatic N) is 2. The molecule has 9 nitrogen and oxygen atoms in total. The second kappa shape index (κ2) is 13.3. The number of piperidine rings is 1. The van der Waals surface area contributed by atoms with Gasteiger partial charge in [-0.2, -0.15) is 0 Å². The molecule has 1 aliphatic heterocycles. The minimum Gasteiger partial charge on any atom is -0.484 e. The van der Waals surface area contributed by atoms with E-state index in [1.165, 1.54) is 0 Å². The fraction of sp³-hybridized carbons (Fsp3) is 0.591. The molecule has 1 heterocycles. The number of primary amides is 1. The van der Waals surface area contributed by atoms with E-state index in [1.54, 1.807) is 11.0 Å². The Morgan fingerprint density at radius 2 is 2.06 bits per heavy atom. The number of ether oxygens (including phenoxy) is 2. The maximum absolute atomic E-state index is 12.4. The lowest BCUT2D eigenvalue weighted by Gasteiger charge is -2.35. The van der Waals surface area contributed by atoms with Crippen molar-refractivity contribution in [2.45, 2.75) is 58.7 Å². The van der Waals surface area contributed by atoms with E-state index in [0.29, 0.717) is 31.3 Å². The molecule has 0 bridgehead atoms. The van der Waals surface area contributed by atoms with Crippen LogP contribution in [0.4, 0.5) is 4.79 Å². The predicted molar refractivity (Wildman–Crippen MR) is 135 cm³/mol. The first-order valence-corrected chi connectivity index (χ1v) is 10.7. The van der Waals surface area contributed by atoms with Crippen molar-refractivity contribution < 1.29 is 19.1 Å². The Kier molecular flexibility index (Phi) is 11.6. The standard InChI is InChI=1S/C22H35N5O4.HI/c1-5-24-20(25-13-16-8-6-10-18(12-16)30-15-19(23)28)26-17-9-7-11-27(14-17)21(29)31-22(2,3)4;/h6,8,10,12,17H,5,7,9,11,13-15H2,1-4H3,(H2,23,28)(H2,24,25,26);1H. The molecule has 0 radical (unpaired) electrons. The summed E-state index contributed by atoms with van der Waals surface area (Å²) in [4.78, 5) is 29.7. The number of amides is 2. The molecule has 2 rings (SSSR count). The maximum Gasteiger partial charge on any atom is 0.410 e. The van der Waals surface area contributed by atoms with Crippen molar-refractivity contribution in [2.24, 2.45) is 10.7 Å². The van der Waals surface area contributed by atoms with Gasteiger partial charge in [-0.3, -0.25) is 4.79 Å². The lowest BCUT2D eigenvalue weighted by Crippen LogP contribution is -2.53. The van der Waals surface area contributed by atoms with Gasteiger partial charge >= 0.3 is 6.09 Å². The number of hydrogen-bond acceptors (Lipinski definition) is 5. The number of hydrogen-bond donors (Lipinski definition) is 3. The first-order valence-electron chi connectivity index (χ1n) is 10.7. The first-order chi connectivity index (χ1) is 14.7. The highest BCUT2D eigenvalue weighted by Crippen LogP contribution is 2.16. The molecular formula is C22H36IN5O4. The van der Waals surface area contributed by atoms with Crippen molar-refractivity contribution in [3.05, 3.63) is 29.8 Å². The average Bonchev–Trinajstić information content (AvgIpc) is 2.70. The summed E-state index contributed by atoms with van der Waals surface area (Å²) in [6, 6.07) is 7.48. The van der Waals surface area contributed by atoms with Gasteiger partial charge in [0.05, 0.1) is 6.54 Å². The fourth-order valence-electron chi connectivity index (χ4n) is 3.16. The molecule has 1 saturated heterocycles. The zero-order valence-electron chi connectivity index (χ0n) is 19.3. The fourth-order valence-corrected chi connectivity index (χ4v) is 3.16. The second-order valence-electron chi connectivity index (χ2n) is 8.51. The van der Waals surface area contributed by atoms with Crippen molar-refractivity contribution in [3.63, 3.8) is 0 Å². The van der Waals surface area contributed by atoms with Crippen LogP contribution in [0.2, 0.25) is 0 Å². The molecule has 1 fully saturated rings. The Bertz CT molecular complexity index is 782. The monoisotopic (exact) mass is 561 g/mol. The Labute approximate surface area is 207 Å². The van der Waals surface area contributed by atoms with Gasteiger partial charge in [-0.25, -0.2) is 9.79 Å². The summed E-state index contributed by atoms with van der Waals surface area (Å²) in [5, 5.41) is 6.68. The van der Waals surface area contributed by atoms with Crippen LogP contribution in [-0.4, -0.2) is 60.7 Å². The maximum atomic E-state index is 12.4. The summed E-state index contributed by atoms with van der Waals surface area (Å²) in [7, 11) is 0. The van der Waals surface area contributed by atoms with Crippen molar-refractivity contribution in [1.29, 1.82) is 0 Å². The molecule has 4 N–H and O–H groups in total. The summed E-state index contributed by atoms with van der Waals surface area (Å²) in [5.74, 6) is 0.738. The smallest absolute Gasteiger partial charge is 0.410 e. The van der Waals surface area contributed by atoms with Crippen LogP contribution in [0.5, 0.6) is 5.75 Å². The number of benzene rings is 1. The minimum absolute atomic E-state index is 0. The zero-order chi connectivity index (χ0) is 22.9. The molecule has 1 aliphatic rings. The molecule has 32 heavy (non-hydrogen) atoms. The summed E-state index contributed by atoms with van der Waals surface area (Å²) >= 11 is 0. The Morgan fingerprint density at radius 3 is 2.72 bits per heavy atom. The van der Waals surface area contributed by atoms with Crippen molar-refractivity contribution in [3.8, 4) is 5.75 Å². The summed E-state index contributed by atoms with van der Waals surface area (Å²) < 4.78 is 10.9. The topological polar surface area (TPSA) is 118 Å². The van der Waals surface area contributed by atoms with Gasteiger partial charge in [-0.1, -0.05) is 12.1 Å². The van der Waals surface area contributed by atoms with Crippen LogP contribution in [0.1, 0.15) is 46.1 Å². The number of carbonyl (C=O) groups is 2. The van der Waals surface area contributed by atoms with E-state index in [0.717, 1.165) is 24.9 Å². The van der Waals surface area contributed by atoms with Crippen LogP contribution in [0.25, 0.3) is 0 Å². The van der Waals surface area contributed by atoms with Crippen molar-refractivity contribution in [2.75, 3.05) is 26.2 Å². The number of nitrogens with one attached hydrogen (secondary N) is 2. The molecule has 0 aromatic heterocycles. The third-order valence-corrected chi connectivity index (χ3v) is 4.46. The second-order valence-corrected chi connectivity index (χ2v) is 8.51. The number of rotatable bonds is 7. The van der Waals surface area contributed by atoms with E-state index in [2.05, 4.69) is 15.6 Å². The van der Waals surface area contributed by atoms with Crippen molar-refractivity contribution >= 4 is 41.9 Å². The number of nitrogens with two attached hydrogens (primary N) is 1. The van der Waals surface area contributed by atoms with Crippen LogP contribution in [-0.2, 0) is 16.1 Å². The lowest BCUT2D eigenvalue weighted by molar-refractivity contribution is -0.119. The van der Waals surface area contributed by atoms with Crippen LogP contribution in [0, 0.1) is 0 Å². The molecule has 180 valence electrons. The van der Waals surface area contributed by atoms with Crippen LogP contribution >= 0.6 is 24.0 Å². The number of aliphatic imine (C=N–C) groups is 1. The van der Waals surface area contributed by atoms with Crippen molar-refractivity contribution in [1.82, 2.24) is 15.5 Å². The van der Waals surface area contributed by atoms with Gasteiger partial charge in [-0.15, -0.1) is 24.0 Å². The molecule has 0 spiro atoms. The van der Waals surface area contributed by atoms with E-state index < -0.39 is 11.5 Å². The van der Waals surface area contributed by atoms with Gasteiger partial charge in [0.2, 0.25) is 0 Å². The van der Waals surface area contributed by atoms with Gasteiger partial charge < -0.3 is 30.7 Å². The number of carbonyl (C=O) groups excluding carboxylic acids is 2. The quantitative estimate of drug-likeness (QED) is 0.268. The van der Waals surface area contributed by atoms with E-state index in [-0.39, 0.29) is 42.7 Å². The molecule has 1 aromatic rings. The van der Waals surface area contributed by atoms with Gasteiger partial charge in [0, 0.05) is 25.7 Å². The molecule has 0 saturated carbocycles. The Hall–Kier alpha value is -2.24. The number of halogens is 1. The highest BCUT2D eigenvalue weighted by Gasteiger charge is 2.28. The van der Waals surface area contributed by atoms with Crippen LogP contribution in [0.3, 0.4) is 0 Å². The number of likely N-dealkylation sites (tertiary alicyclic amines) is 1. The SMILES string of the molecule is CCNC(=NCc1cccc(OCC(N)=O)c1)NC1CCCN(C(=O)OC(C)(C)C)C1.I. The number of guanidine groups is 1. The molecule has 1 unspecified atom stereocenters. The summed E-state index contributed by atoms with van der Waals surface area (Å²) in [6.45, 7) is 9.86. The average molecular weight is 561 g/mol. The highest BCUT2D eigenvalue weighted by molar-refractivity contribution is 14.0. The summed E-state index contributed by atoms with van der Waals surface area (Å²) in [6.07, 6.45) is 1.56. The van der Waals surface area contributed by atoms with Gasteiger partial charge in [-0.05, 0) is 58.2 Å². The van der Waals surface area contributed by atoms with Gasteiger partial charge in [0.1, 0.15) is 11.4 Å². The molecule has 10 heteroatoms. The molecule has 1 atom stereocenters. The Balaban J connectivity index is 0.00000512. The van der Waals surface area contributed by atoms with Crippen LogP contribution in [0.15, 0.2) is 29.3 Å². The minimum atomic E-state index is -0.519. The van der Waals surface area contributed by atoms with Crippen LogP contribution < -0.4 is 21.1 Å². The third-order valence-electron chi connectivity index (χ3n) is 4.46. The molecule has 0 aliphatic carbocycles. The molecular weight excluding hydrogens is 525 g/mol. The van der Waals surface area contributed by atoms with Gasteiger partial charge in [0.25, 0.3) is 5.91 Å². The zero-order valence-corrected chi connectivity index (χ0v) is 21.7. The third kappa shape index (κ3) is 10.4. The van der Waals surface area contributed by atoms with E-state index in [9.17, 15) is 9.59 Å². The Morgan fingerprint density at radius 1 is 1.31 bits per heavy atom. The lowest BCUT2D eigenvalue weighted by atomic mass is 10.1. The molecule has 1 aromatic carbocycles. The first kappa shape index (κ1) is 27.8.